The van der Waals surface area contributed by atoms with Crippen molar-refractivity contribution in [2.75, 3.05) is 0 Å². The monoisotopic (exact) mass is 234 g/mol. The number of carbonyl (C=O) groups excluding carboxylic acids is 1. The highest BCUT2D eigenvalue weighted by Gasteiger charge is 2.39. The van der Waals surface area contributed by atoms with Gasteiger partial charge in [-0.05, 0) is 38.5 Å². The van der Waals surface area contributed by atoms with Crippen LogP contribution in [-0.2, 0) is 4.79 Å². The number of carboxylic acid groups (broad SMARTS) is 1. The fourth-order valence-corrected chi connectivity index (χ4v) is 1.87. The lowest BCUT2D eigenvalue weighted by atomic mass is 9.94. The summed E-state index contributed by atoms with van der Waals surface area (Å²) >= 11 is 0. The highest BCUT2D eigenvalue weighted by atomic mass is 16.5. The molecule has 0 amide bonds. The largest absolute Gasteiger partial charge is 0.481 e. The zero-order valence-electron chi connectivity index (χ0n) is 9.98. The van der Waals surface area contributed by atoms with Gasteiger partial charge in [0.1, 0.15) is 5.75 Å². The molecule has 90 valence electrons. The predicted molar refractivity (Wildman–Crippen MR) is 61.5 cm³/mol. The molecule has 1 unspecified atom stereocenters. The lowest BCUT2D eigenvalue weighted by Crippen LogP contribution is -2.31. The van der Waals surface area contributed by atoms with Gasteiger partial charge in [-0.25, -0.2) is 0 Å². The first-order valence-electron chi connectivity index (χ1n) is 5.43. The topological polar surface area (TPSA) is 63.6 Å². The van der Waals surface area contributed by atoms with Gasteiger partial charge in [0, 0.05) is 0 Å². The van der Waals surface area contributed by atoms with Crippen molar-refractivity contribution in [2.45, 2.75) is 32.3 Å². The quantitative estimate of drug-likeness (QED) is 0.852. The Balaban J connectivity index is 2.44. The van der Waals surface area contributed by atoms with Gasteiger partial charge in [0.15, 0.2) is 5.60 Å². The Morgan fingerprint density at radius 2 is 2.06 bits per heavy atom. The van der Waals surface area contributed by atoms with Crippen molar-refractivity contribution in [1.29, 1.82) is 0 Å². The van der Waals surface area contributed by atoms with Gasteiger partial charge >= 0.3 is 5.97 Å². The van der Waals surface area contributed by atoms with E-state index < -0.39 is 17.5 Å². The van der Waals surface area contributed by atoms with Gasteiger partial charge in [-0.15, -0.1) is 0 Å². The molecule has 0 aliphatic carbocycles. The molecule has 1 atom stereocenters. The summed E-state index contributed by atoms with van der Waals surface area (Å²) in [5.41, 5.74) is 0.236. The molecular formula is C13H14O4. The highest BCUT2D eigenvalue weighted by molar-refractivity contribution is 6.07. The summed E-state index contributed by atoms with van der Waals surface area (Å²) in [6.07, 6.45) is 0. The van der Waals surface area contributed by atoms with Crippen LogP contribution in [0.15, 0.2) is 18.2 Å². The number of rotatable bonds is 2. The number of benzene rings is 1. The second-order valence-electron chi connectivity index (χ2n) is 4.76. The van der Waals surface area contributed by atoms with Crippen LogP contribution in [-0.4, -0.2) is 22.5 Å². The van der Waals surface area contributed by atoms with Crippen molar-refractivity contribution in [1.82, 2.24) is 0 Å². The molecule has 1 aliphatic rings. The lowest BCUT2D eigenvalue weighted by Gasteiger charge is -2.14. The molecule has 1 aromatic carbocycles. The third-order valence-electron chi connectivity index (χ3n) is 3.03. The molecule has 0 aromatic heterocycles. The van der Waals surface area contributed by atoms with E-state index in [1.165, 1.54) is 0 Å². The van der Waals surface area contributed by atoms with E-state index in [9.17, 15) is 9.59 Å². The standard InChI is InChI=1S/C13H14O4/c1-7(12(15)16)8-4-5-10-9(6-8)11(14)13(2,3)17-10/h4-7H,1-3H3,(H,15,16). The van der Waals surface area contributed by atoms with Crippen LogP contribution in [0.25, 0.3) is 0 Å². The molecule has 0 radical (unpaired) electrons. The van der Waals surface area contributed by atoms with E-state index in [-0.39, 0.29) is 5.78 Å². The number of carbonyl (C=O) groups is 2. The maximum absolute atomic E-state index is 12.0. The first-order chi connectivity index (χ1) is 7.83. The van der Waals surface area contributed by atoms with E-state index in [1.807, 2.05) is 0 Å². The molecule has 1 heterocycles. The van der Waals surface area contributed by atoms with Crippen LogP contribution in [0.1, 0.15) is 42.6 Å². The minimum absolute atomic E-state index is 0.105. The molecule has 1 N–H and O–H groups in total. The predicted octanol–water partition coefficient (Wildman–Crippen LogP) is 2.23. The molecule has 4 nitrogen and oxygen atoms in total. The van der Waals surface area contributed by atoms with Gasteiger partial charge in [-0.2, -0.15) is 0 Å². The van der Waals surface area contributed by atoms with Crippen LogP contribution < -0.4 is 4.74 Å². The zero-order valence-corrected chi connectivity index (χ0v) is 9.98. The Kier molecular flexibility index (Phi) is 2.45. The highest BCUT2D eigenvalue weighted by Crippen LogP contribution is 2.36. The minimum Gasteiger partial charge on any atom is -0.481 e. The number of ether oxygens (including phenoxy) is 1. The van der Waals surface area contributed by atoms with Gasteiger partial charge in [-0.3, -0.25) is 9.59 Å². The molecule has 0 fully saturated rings. The number of hydrogen-bond acceptors (Lipinski definition) is 3. The van der Waals surface area contributed by atoms with Gasteiger partial charge in [-0.1, -0.05) is 6.07 Å². The fourth-order valence-electron chi connectivity index (χ4n) is 1.87. The molecule has 17 heavy (non-hydrogen) atoms. The van der Waals surface area contributed by atoms with Crippen molar-refractivity contribution < 1.29 is 19.4 Å². The van der Waals surface area contributed by atoms with Crippen molar-refractivity contribution in [2.24, 2.45) is 0 Å². The Bertz CT molecular complexity index is 502. The number of hydrogen-bond donors (Lipinski definition) is 1. The first-order valence-corrected chi connectivity index (χ1v) is 5.43. The Morgan fingerprint density at radius 3 is 2.65 bits per heavy atom. The maximum atomic E-state index is 12.0. The van der Waals surface area contributed by atoms with Crippen LogP contribution >= 0.6 is 0 Å². The van der Waals surface area contributed by atoms with E-state index >= 15 is 0 Å². The third kappa shape index (κ3) is 1.79. The Morgan fingerprint density at radius 1 is 1.41 bits per heavy atom. The summed E-state index contributed by atoms with van der Waals surface area (Å²) in [4.78, 5) is 22.9. The average molecular weight is 234 g/mol. The van der Waals surface area contributed by atoms with Crippen LogP contribution in [0.4, 0.5) is 0 Å². The second kappa shape index (κ2) is 3.58. The summed E-state index contributed by atoms with van der Waals surface area (Å²) in [6.45, 7) is 5.00. The first kappa shape index (κ1) is 11.6. The molecular weight excluding hydrogens is 220 g/mol. The van der Waals surface area contributed by atoms with Gasteiger partial charge in [0.25, 0.3) is 0 Å². The average Bonchev–Trinajstić information content (AvgIpc) is 2.48. The van der Waals surface area contributed by atoms with Gasteiger partial charge in [0.2, 0.25) is 5.78 Å². The smallest absolute Gasteiger partial charge is 0.310 e. The molecule has 0 bridgehead atoms. The summed E-state index contributed by atoms with van der Waals surface area (Å²) in [5, 5.41) is 8.94. The molecule has 1 aromatic rings. The lowest BCUT2D eigenvalue weighted by molar-refractivity contribution is -0.138. The Hall–Kier alpha value is -1.84. The van der Waals surface area contributed by atoms with E-state index in [2.05, 4.69) is 0 Å². The fraction of sp³-hybridized carbons (Fsp3) is 0.385. The summed E-state index contributed by atoms with van der Waals surface area (Å²) in [5.74, 6) is -1.11. The summed E-state index contributed by atoms with van der Waals surface area (Å²) in [6, 6.07) is 4.97. The van der Waals surface area contributed by atoms with E-state index in [0.717, 1.165) is 0 Å². The number of ketones is 1. The molecule has 0 saturated heterocycles. The van der Waals surface area contributed by atoms with E-state index in [4.69, 9.17) is 9.84 Å². The molecule has 1 aliphatic heterocycles. The van der Waals surface area contributed by atoms with Crippen LogP contribution in [0.3, 0.4) is 0 Å². The normalized spacial score (nSPS) is 18.4. The van der Waals surface area contributed by atoms with Gasteiger partial charge < -0.3 is 9.84 Å². The van der Waals surface area contributed by atoms with Gasteiger partial charge in [0.05, 0.1) is 11.5 Å². The number of fused-ring (bicyclic) bond motifs is 1. The summed E-state index contributed by atoms with van der Waals surface area (Å²) < 4.78 is 5.50. The number of aliphatic carboxylic acids is 1. The summed E-state index contributed by atoms with van der Waals surface area (Å²) in [7, 11) is 0. The van der Waals surface area contributed by atoms with Crippen molar-refractivity contribution in [3.8, 4) is 5.75 Å². The Labute approximate surface area is 99.2 Å². The van der Waals surface area contributed by atoms with Crippen LogP contribution in [0.2, 0.25) is 0 Å². The number of Topliss-reactive ketones (excluding diaryl/α,β-unsaturated/α-hetero) is 1. The minimum atomic E-state index is -0.907. The molecule has 0 spiro atoms. The molecule has 2 rings (SSSR count). The third-order valence-corrected chi connectivity index (χ3v) is 3.03. The molecule has 0 saturated carbocycles. The maximum Gasteiger partial charge on any atom is 0.310 e. The van der Waals surface area contributed by atoms with Crippen molar-refractivity contribution >= 4 is 11.8 Å². The van der Waals surface area contributed by atoms with Crippen LogP contribution in [0, 0.1) is 0 Å². The van der Waals surface area contributed by atoms with Crippen molar-refractivity contribution in [3.05, 3.63) is 29.3 Å². The zero-order chi connectivity index (χ0) is 12.8. The molecule has 4 heteroatoms. The van der Waals surface area contributed by atoms with Crippen molar-refractivity contribution in [3.63, 3.8) is 0 Å². The van der Waals surface area contributed by atoms with E-state index in [1.54, 1.807) is 39.0 Å². The second-order valence-corrected chi connectivity index (χ2v) is 4.76. The van der Waals surface area contributed by atoms with E-state index in [0.29, 0.717) is 16.9 Å². The number of carboxylic acids is 1. The van der Waals surface area contributed by atoms with Crippen LogP contribution in [0.5, 0.6) is 5.75 Å². The SMILES string of the molecule is CC(C(=O)O)c1ccc2c(c1)C(=O)C(C)(C)O2.